The van der Waals surface area contributed by atoms with Crippen LogP contribution in [0, 0.1) is 5.41 Å². The Labute approximate surface area is 156 Å². The van der Waals surface area contributed by atoms with E-state index in [1.165, 1.54) is 5.57 Å². The second-order valence-electron chi connectivity index (χ2n) is 7.98. The average molecular weight is 354 g/mol. The molecule has 2 rings (SSSR count). The Morgan fingerprint density at radius 3 is 2.65 bits per heavy atom. The fraction of sp³-hybridized carbons (Fsp3) is 0.455. The Balaban J connectivity index is 2.31. The minimum atomic E-state index is -0.860. The maximum atomic E-state index is 11.5. The molecule has 0 spiro atoms. The fourth-order valence-corrected chi connectivity index (χ4v) is 3.21. The molecule has 1 heterocycles. The van der Waals surface area contributed by atoms with Crippen molar-refractivity contribution in [3.05, 3.63) is 59.2 Å². The average Bonchev–Trinajstić information content (AvgIpc) is 3.06. The third-order valence-corrected chi connectivity index (χ3v) is 4.53. The second-order valence-corrected chi connectivity index (χ2v) is 7.98. The van der Waals surface area contributed by atoms with E-state index in [9.17, 15) is 9.90 Å². The van der Waals surface area contributed by atoms with Crippen molar-refractivity contribution in [2.45, 2.75) is 59.9 Å². The van der Waals surface area contributed by atoms with Crippen LogP contribution in [0.25, 0.3) is 6.08 Å². The Hall–Kier alpha value is -2.36. The number of nitrogens with zero attached hydrogens (tertiary/aromatic N) is 2. The molecule has 0 aliphatic carbocycles. The number of carbonyl (C=O) groups is 1. The number of imidazole rings is 1. The van der Waals surface area contributed by atoms with Gasteiger partial charge in [0.15, 0.2) is 0 Å². The summed E-state index contributed by atoms with van der Waals surface area (Å²) >= 11 is 0. The molecule has 0 aliphatic heterocycles. The zero-order valence-corrected chi connectivity index (χ0v) is 16.3. The van der Waals surface area contributed by atoms with Crippen molar-refractivity contribution in [3.63, 3.8) is 0 Å². The third-order valence-electron chi connectivity index (χ3n) is 4.53. The van der Waals surface area contributed by atoms with Crippen LogP contribution < -0.4 is 0 Å². The molecule has 4 heteroatoms. The minimum absolute atomic E-state index is 0.317. The standard InChI is InChI=1S/C22H30N2O2/c1-5-19-18(9-6-10-20(19)21(25)26)14-17(8-7-11-22(2,3)4)15-24-13-12-23-16-24/h6,9-10,12-14,16H,5,7-8,11,15H2,1-4H3,(H,25,26)/b17-14-. The van der Waals surface area contributed by atoms with Gasteiger partial charge in [-0.2, -0.15) is 0 Å². The number of hydrogen-bond acceptors (Lipinski definition) is 2. The first kappa shape index (κ1) is 20.0. The van der Waals surface area contributed by atoms with Gasteiger partial charge >= 0.3 is 5.97 Å². The van der Waals surface area contributed by atoms with Gasteiger partial charge in [0.2, 0.25) is 0 Å². The van der Waals surface area contributed by atoms with Crippen LogP contribution in [0.4, 0.5) is 0 Å². The number of carboxylic acid groups (broad SMARTS) is 1. The highest BCUT2D eigenvalue weighted by molar-refractivity contribution is 5.90. The molecule has 2 aromatic rings. The SMILES string of the molecule is CCc1c(/C=C(/CCCC(C)(C)C)Cn2ccnc2)cccc1C(=O)O. The topological polar surface area (TPSA) is 55.1 Å². The highest BCUT2D eigenvalue weighted by atomic mass is 16.4. The van der Waals surface area contributed by atoms with Crippen LogP contribution in [0.1, 0.15) is 68.4 Å². The second kappa shape index (κ2) is 8.84. The Morgan fingerprint density at radius 2 is 2.08 bits per heavy atom. The summed E-state index contributed by atoms with van der Waals surface area (Å²) in [4.78, 5) is 15.7. The molecule has 0 amide bonds. The quantitative estimate of drug-likeness (QED) is 0.686. The monoisotopic (exact) mass is 354 g/mol. The smallest absolute Gasteiger partial charge is 0.335 e. The lowest BCUT2D eigenvalue weighted by molar-refractivity contribution is 0.0695. The molecule has 4 nitrogen and oxygen atoms in total. The molecule has 0 saturated carbocycles. The van der Waals surface area contributed by atoms with Crippen LogP contribution in [0.15, 0.2) is 42.5 Å². The van der Waals surface area contributed by atoms with Crippen molar-refractivity contribution in [3.8, 4) is 0 Å². The predicted molar refractivity (Wildman–Crippen MR) is 106 cm³/mol. The predicted octanol–water partition coefficient (Wildman–Crippen LogP) is 5.44. The molecule has 1 aromatic heterocycles. The molecule has 0 fully saturated rings. The third kappa shape index (κ3) is 5.87. The fourth-order valence-electron chi connectivity index (χ4n) is 3.21. The van der Waals surface area contributed by atoms with Crippen molar-refractivity contribution in [1.29, 1.82) is 0 Å². The van der Waals surface area contributed by atoms with Crippen molar-refractivity contribution < 1.29 is 9.90 Å². The number of carboxylic acids is 1. The molecule has 0 bridgehead atoms. The molecule has 140 valence electrons. The van der Waals surface area contributed by atoms with Gasteiger partial charge in [-0.25, -0.2) is 9.78 Å². The number of rotatable bonds is 8. The number of hydrogen-bond donors (Lipinski definition) is 1. The van der Waals surface area contributed by atoms with E-state index in [-0.39, 0.29) is 0 Å². The lowest BCUT2D eigenvalue weighted by atomic mass is 9.88. The number of aromatic carboxylic acids is 1. The van der Waals surface area contributed by atoms with E-state index in [1.54, 1.807) is 12.3 Å². The number of benzene rings is 1. The van der Waals surface area contributed by atoms with Crippen LogP contribution in [0.5, 0.6) is 0 Å². The van der Waals surface area contributed by atoms with E-state index in [1.807, 2.05) is 31.6 Å². The highest BCUT2D eigenvalue weighted by Gasteiger charge is 2.13. The zero-order chi connectivity index (χ0) is 19.2. The first-order valence-corrected chi connectivity index (χ1v) is 9.30. The molecule has 1 N–H and O–H groups in total. The number of aromatic nitrogens is 2. The van der Waals surface area contributed by atoms with Gasteiger partial charge in [-0.1, -0.05) is 45.9 Å². The summed E-state index contributed by atoms with van der Waals surface area (Å²) in [7, 11) is 0. The van der Waals surface area contributed by atoms with Gasteiger partial charge in [0.25, 0.3) is 0 Å². The molecule has 26 heavy (non-hydrogen) atoms. The zero-order valence-electron chi connectivity index (χ0n) is 16.3. The van der Waals surface area contributed by atoms with Gasteiger partial charge in [-0.15, -0.1) is 0 Å². The maximum Gasteiger partial charge on any atom is 0.335 e. The van der Waals surface area contributed by atoms with Crippen LogP contribution in [-0.2, 0) is 13.0 Å². The van der Waals surface area contributed by atoms with E-state index < -0.39 is 5.97 Å². The van der Waals surface area contributed by atoms with Gasteiger partial charge in [-0.05, 0) is 53.9 Å². The van der Waals surface area contributed by atoms with E-state index in [0.717, 1.165) is 36.9 Å². The van der Waals surface area contributed by atoms with Crippen molar-refractivity contribution in [2.24, 2.45) is 5.41 Å². The minimum Gasteiger partial charge on any atom is -0.478 e. The Kier molecular flexibility index (Phi) is 6.78. The maximum absolute atomic E-state index is 11.5. The molecule has 0 aliphatic rings. The van der Waals surface area contributed by atoms with Gasteiger partial charge in [0.05, 0.1) is 11.9 Å². The number of allylic oxidation sites excluding steroid dienone is 1. The summed E-state index contributed by atoms with van der Waals surface area (Å²) in [6.45, 7) is 9.58. The molecular weight excluding hydrogens is 324 g/mol. The van der Waals surface area contributed by atoms with Crippen LogP contribution >= 0.6 is 0 Å². The summed E-state index contributed by atoms with van der Waals surface area (Å²) in [5.41, 5.74) is 3.93. The molecule has 0 saturated heterocycles. The summed E-state index contributed by atoms with van der Waals surface area (Å²) in [6.07, 6.45) is 11.7. The molecule has 1 aromatic carbocycles. The summed E-state index contributed by atoms with van der Waals surface area (Å²) in [5.74, 6) is -0.860. The Bertz CT molecular complexity index is 753. The summed E-state index contributed by atoms with van der Waals surface area (Å²) < 4.78 is 2.07. The molecular formula is C22H30N2O2. The Morgan fingerprint density at radius 1 is 1.31 bits per heavy atom. The van der Waals surface area contributed by atoms with Crippen molar-refractivity contribution in [1.82, 2.24) is 9.55 Å². The highest BCUT2D eigenvalue weighted by Crippen LogP contribution is 2.26. The van der Waals surface area contributed by atoms with E-state index in [0.29, 0.717) is 17.4 Å². The van der Waals surface area contributed by atoms with Crippen LogP contribution in [0.2, 0.25) is 0 Å². The lowest BCUT2D eigenvalue weighted by Crippen LogP contribution is -2.06. The van der Waals surface area contributed by atoms with E-state index in [4.69, 9.17) is 0 Å². The van der Waals surface area contributed by atoms with Crippen LogP contribution in [0.3, 0.4) is 0 Å². The molecule has 0 radical (unpaired) electrons. The van der Waals surface area contributed by atoms with Gasteiger partial charge in [-0.3, -0.25) is 0 Å². The molecule has 0 atom stereocenters. The largest absolute Gasteiger partial charge is 0.478 e. The van der Waals surface area contributed by atoms with Crippen molar-refractivity contribution in [2.75, 3.05) is 0 Å². The van der Waals surface area contributed by atoms with Crippen LogP contribution in [-0.4, -0.2) is 20.6 Å². The van der Waals surface area contributed by atoms with Gasteiger partial charge in [0, 0.05) is 18.9 Å². The van der Waals surface area contributed by atoms with Gasteiger partial charge < -0.3 is 9.67 Å². The summed E-state index contributed by atoms with van der Waals surface area (Å²) in [5, 5.41) is 9.46. The first-order valence-electron chi connectivity index (χ1n) is 9.30. The molecule has 0 unspecified atom stereocenters. The van der Waals surface area contributed by atoms with E-state index in [2.05, 4.69) is 36.4 Å². The van der Waals surface area contributed by atoms with Gasteiger partial charge in [0.1, 0.15) is 0 Å². The normalized spacial score (nSPS) is 12.4. The summed E-state index contributed by atoms with van der Waals surface area (Å²) in [6, 6.07) is 5.54. The lowest BCUT2D eigenvalue weighted by Gasteiger charge is -2.19. The van der Waals surface area contributed by atoms with Crippen molar-refractivity contribution >= 4 is 12.0 Å². The first-order chi connectivity index (χ1) is 12.3. The van der Waals surface area contributed by atoms with E-state index >= 15 is 0 Å².